The molecular weight excluding hydrogens is 468 g/mol. The van der Waals surface area contributed by atoms with Gasteiger partial charge >= 0.3 is 11.8 Å². The molecule has 2 aromatic rings. The number of likely N-dealkylation sites (N-methyl/N-ethyl adjacent to an activating group) is 2. The number of aromatic nitrogens is 1. The quantitative estimate of drug-likeness (QED) is 0.511. The van der Waals surface area contributed by atoms with Crippen molar-refractivity contribution in [1.82, 2.24) is 25.4 Å². The summed E-state index contributed by atoms with van der Waals surface area (Å²) >= 11 is 7.14. The van der Waals surface area contributed by atoms with Gasteiger partial charge in [0.2, 0.25) is 5.91 Å². The highest BCUT2D eigenvalue weighted by Crippen LogP contribution is 2.27. The Morgan fingerprint density at radius 3 is 2.67 bits per heavy atom. The van der Waals surface area contributed by atoms with Gasteiger partial charge in [0.25, 0.3) is 5.91 Å². The zero-order valence-electron chi connectivity index (χ0n) is 18.5. The van der Waals surface area contributed by atoms with Crippen molar-refractivity contribution < 1.29 is 19.2 Å². The SMILES string of the molecule is CN1CCc2cc(C(=O)NC(CNC(=O)C(=O)Nc3ccc(Cl)cn3)C(=O)N(C)C)sc2C1. The van der Waals surface area contributed by atoms with Crippen LogP contribution in [0.3, 0.4) is 0 Å². The molecule has 0 bridgehead atoms. The van der Waals surface area contributed by atoms with Crippen molar-refractivity contribution in [2.45, 2.75) is 19.0 Å². The first-order chi connectivity index (χ1) is 15.6. The van der Waals surface area contributed by atoms with E-state index in [0.29, 0.717) is 9.90 Å². The molecule has 1 atom stereocenters. The number of nitrogens with zero attached hydrogens (tertiary/aromatic N) is 3. The zero-order chi connectivity index (χ0) is 24.1. The lowest BCUT2D eigenvalue weighted by Crippen LogP contribution is -2.53. The van der Waals surface area contributed by atoms with Crippen molar-refractivity contribution in [3.05, 3.63) is 44.7 Å². The maximum atomic E-state index is 12.8. The van der Waals surface area contributed by atoms with Crippen LogP contribution >= 0.6 is 22.9 Å². The zero-order valence-corrected chi connectivity index (χ0v) is 20.0. The van der Waals surface area contributed by atoms with E-state index in [9.17, 15) is 19.2 Å². The number of carbonyl (C=O) groups excluding carboxylic acids is 4. The Kier molecular flexibility index (Phi) is 8.01. The summed E-state index contributed by atoms with van der Waals surface area (Å²) in [5.74, 6) is -2.58. The molecule has 0 aliphatic carbocycles. The number of thiophene rings is 1. The minimum absolute atomic E-state index is 0.154. The Hall–Kier alpha value is -3.02. The first-order valence-corrected chi connectivity index (χ1v) is 11.4. The number of carbonyl (C=O) groups is 4. The second kappa shape index (κ2) is 10.7. The Morgan fingerprint density at radius 1 is 1.24 bits per heavy atom. The highest BCUT2D eigenvalue weighted by molar-refractivity contribution is 7.14. The molecule has 0 radical (unpaired) electrons. The van der Waals surface area contributed by atoms with Crippen molar-refractivity contribution >= 4 is 52.4 Å². The average molecular weight is 493 g/mol. The Balaban J connectivity index is 1.62. The second-order valence-corrected chi connectivity index (χ2v) is 9.40. The third-order valence-electron chi connectivity index (χ3n) is 4.98. The van der Waals surface area contributed by atoms with Crippen LogP contribution in [0.25, 0.3) is 0 Å². The molecule has 3 N–H and O–H groups in total. The molecule has 12 heteroatoms. The van der Waals surface area contributed by atoms with Crippen molar-refractivity contribution in [2.75, 3.05) is 39.5 Å². The largest absolute Gasteiger partial charge is 0.347 e. The lowest BCUT2D eigenvalue weighted by atomic mass is 10.1. The minimum atomic E-state index is -1.04. The number of halogens is 1. The predicted molar refractivity (Wildman–Crippen MR) is 125 cm³/mol. The fourth-order valence-corrected chi connectivity index (χ4v) is 4.51. The average Bonchev–Trinajstić information content (AvgIpc) is 3.20. The van der Waals surface area contributed by atoms with E-state index in [1.807, 2.05) is 13.1 Å². The molecule has 176 valence electrons. The van der Waals surface area contributed by atoms with E-state index in [1.165, 1.54) is 34.6 Å². The predicted octanol–water partition coefficient (Wildman–Crippen LogP) is 0.726. The van der Waals surface area contributed by atoms with Gasteiger partial charge < -0.3 is 25.8 Å². The Bertz CT molecular complexity index is 1060. The molecule has 3 heterocycles. The molecule has 10 nitrogen and oxygen atoms in total. The third kappa shape index (κ3) is 6.50. The van der Waals surface area contributed by atoms with Gasteiger partial charge in [-0.15, -0.1) is 11.3 Å². The van der Waals surface area contributed by atoms with Gasteiger partial charge in [0.1, 0.15) is 11.9 Å². The highest BCUT2D eigenvalue weighted by Gasteiger charge is 2.27. The van der Waals surface area contributed by atoms with E-state index < -0.39 is 29.7 Å². The third-order valence-corrected chi connectivity index (χ3v) is 6.37. The number of fused-ring (bicyclic) bond motifs is 1. The van der Waals surface area contributed by atoms with Crippen molar-refractivity contribution in [3.8, 4) is 0 Å². The van der Waals surface area contributed by atoms with E-state index in [4.69, 9.17) is 11.6 Å². The normalized spacial score (nSPS) is 14.1. The summed E-state index contributed by atoms with van der Waals surface area (Å²) in [5, 5.41) is 7.79. The molecule has 0 spiro atoms. The Morgan fingerprint density at radius 2 is 2.00 bits per heavy atom. The molecule has 33 heavy (non-hydrogen) atoms. The van der Waals surface area contributed by atoms with Crippen LogP contribution in [0.1, 0.15) is 20.1 Å². The molecule has 0 fully saturated rings. The lowest BCUT2D eigenvalue weighted by Gasteiger charge is -2.21. The number of pyridine rings is 1. The molecule has 0 saturated carbocycles. The summed E-state index contributed by atoms with van der Waals surface area (Å²) in [4.78, 5) is 58.8. The first-order valence-electron chi connectivity index (χ1n) is 10.2. The van der Waals surface area contributed by atoms with Gasteiger partial charge in [0, 0.05) is 44.8 Å². The molecule has 0 saturated heterocycles. The molecule has 1 aliphatic rings. The van der Waals surface area contributed by atoms with Crippen molar-refractivity contribution in [2.24, 2.45) is 0 Å². The van der Waals surface area contributed by atoms with Crippen LogP contribution in [0, 0.1) is 0 Å². The van der Waals surface area contributed by atoms with Gasteiger partial charge in [-0.25, -0.2) is 4.98 Å². The summed E-state index contributed by atoms with van der Waals surface area (Å²) in [6.45, 7) is 1.45. The van der Waals surface area contributed by atoms with Crippen LogP contribution < -0.4 is 16.0 Å². The van der Waals surface area contributed by atoms with Crippen LogP contribution in [-0.4, -0.2) is 78.7 Å². The number of anilines is 1. The van der Waals surface area contributed by atoms with E-state index in [-0.39, 0.29) is 12.4 Å². The highest BCUT2D eigenvalue weighted by atomic mass is 35.5. The molecule has 0 aromatic carbocycles. The molecule has 2 aromatic heterocycles. The molecule has 1 unspecified atom stereocenters. The maximum Gasteiger partial charge on any atom is 0.314 e. The standard InChI is InChI=1S/C21H25ClN6O4S/c1-27(2)21(32)14(10-24-19(30)20(31)26-17-5-4-13(22)9-23-17)25-18(29)15-8-12-6-7-28(3)11-16(12)33-15/h4-5,8-9,14H,6-7,10-11H2,1-3H3,(H,24,30)(H,25,29)(H,23,26,31). The van der Waals surface area contributed by atoms with E-state index >= 15 is 0 Å². The summed E-state index contributed by atoms with van der Waals surface area (Å²) in [7, 11) is 5.11. The summed E-state index contributed by atoms with van der Waals surface area (Å²) < 4.78 is 0. The smallest absolute Gasteiger partial charge is 0.314 e. The summed E-state index contributed by atoms with van der Waals surface area (Å²) in [6, 6.07) is 3.78. The van der Waals surface area contributed by atoms with Crippen LogP contribution in [0.4, 0.5) is 5.82 Å². The monoisotopic (exact) mass is 492 g/mol. The molecule has 1 aliphatic heterocycles. The van der Waals surface area contributed by atoms with E-state index in [0.717, 1.165) is 30.0 Å². The van der Waals surface area contributed by atoms with Crippen LogP contribution in [0.2, 0.25) is 5.02 Å². The minimum Gasteiger partial charge on any atom is -0.347 e. The number of nitrogens with one attached hydrogen (secondary N) is 3. The van der Waals surface area contributed by atoms with Gasteiger partial charge in [0.15, 0.2) is 0 Å². The number of hydrogen-bond donors (Lipinski definition) is 3. The van der Waals surface area contributed by atoms with Gasteiger partial charge in [-0.2, -0.15) is 0 Å². The lowest BCUT2D eigenvalue weighted by molar-refractivity contribution is -0.136. The van der Waals surface area contributed by atoms with Crippen LogP contribution in [0.15, 0.2) is 24.4 Å². The number of hydrogen-bond acceptors (Lipinski definition) is 7. The van der Waals surface area contributed by atoms with E-state index in [2.05, 4.69) is 25.8 Å². The second-order valence-electron chi connectivity index (χ2n) is 7.83. The maximum absolute atomic E-state index is 12.8. The summed E-state index contributed by atoms with van der Waals surface area (Å²) in [5.41, 5.74) is 1.14. The van der Waals surface area contributed by atoms with Crippen LogP contribution in [0.5, 0.6) is 0 Å². The van der Waals surface area contributed by atoms with Gasteiger partial charge in [0.05, 0.1) is 9.90 Å². The topological polar surface area (TPSA) is 124 Å². The fraction of sp³-hybridized carbons (Fsp3) is 0.381. The van der Waals surface area contributed by atoms with Gasteiger partial charge in [-0.3, -0.25) is 19.2 Å². The van der Waals surface area contributed by atoms with Crippen LogP contribution in [-0.2, 0) is 27.3 Å². The molecule has 4 amide bonds. The van der Waals surface area contributed by atoms with Gasteiger partial charge in [-0.1, -0.05) is 11.6 Å². The summed E-state index contributed by atoms with van der Waals surface area (Å²) in [6.07, 6.45) is 2.19. The first kappa shape index (κ1) is 24.6. The molecular formula is C21H25ClN6O4S. The number of amides is 4. The fourth-order valence-electron chi connectivity index (χ4n) is 3.20. The number of rotatable bonds is 6. The van der Waals surface area contributed by atoms with Gasteiger partial charge in [-0.05, 0) is 37.2 Å². The van der Waals surface area contributed by atoms with E-state index in [1.54, 1.807) is 14.1 Å². The Labute approximate surface area is 200 Å². The molecule has 3 rings (SSSR count). The van der Waals surface area contributed by atoms with Crippen molar-refractivity contribution in [3.63, 3.8) is 0 Å². The van der Waals surface area contributed by atoms with Crippen molar-refractivity contribution in [1.29, 1.82) is 0 Å².